The quantitative estimate of drug-likeness (QED) is 0.0148. The van der Waals surface area contributed by atoms with E-state index in [0.717, 1.165) is 64.2 Å². The van der Waals surface area contributed by atoms with E-state index in [1.807, 2.05) is 0 Å². The molecule has 1 fully saturated rings. The van der Waals surface area contributed by atoms with Gasteiger partial charge in [-0.2, -0.15) is 0 Å². The van der Waals surface area contributed by atoms with Crippen molar-refractivity contribution in [1.82, 2.24) is 0 Å². The Morgan fingerprint density at radius 1 is 0.525 bits per heavy atom. The molecule has 13 heteroatoms. The van der Waals surface area contributed by atoms with Crippen LogP contribution < -0.4 is 0 Å². The average molecular weight is 889 g/mol. The first-order valence-corrected chi connectivity index (χ1v) is 25.8. The van der Waals surface area contributed by atoms with Gasteiger partial charge in [-0.15, -0.1) is 0 Å². The summed E-state index contributed by atoms with van der Waals surface area (Å²) in [6, 6.07) is 0. The monoisotopic (exact) mass is 889 g/mol. The number of phosphoric acid groups is 1. The van der Waals surface area contributed by atoms with E-state index in [2.05, 4.69) is 50.3 Å². The van der Waals surface area contributed by atoms with Gasteiger partial charge < -0.3 is 39.9 Å². The number of hydrogen-bond acceptors (Lipinski definition) is 11. The Bertz CT molecular complexity index is 1150. The van der Waals surface area contributed by atoms with Crippen LogP contribution in [0.4, 0.5) is 0 Å². The lowest BCUT2D eigenvalue weighted by Gasteiger charge is -2.41. The van der Waals surface area contributed by atoms with Crippen molar-refractivity contribution in [2.45, 2.75) is 243 Å². The average Bonchev–Trinajstić information content (AvgIpc) is 3.24. The number of rotatable bonds is 41. The molecule has 6 N–H and O–H groups in total. The number of aliphatic hydroxyl groups is 5. The number of esters is 1. The fourth-order valence-corrected chi connectivity index (χ4v) is 8.34. The molecular formula is C48H89O12P. The van der Waals surface area contributed by atoms with Crippen LogP contribution in [0.3, 0.4) is 0 Å². The van der Waals surface area contributed by atoms with E-state index in [9.17, 15) is 39.8 Å². The third-order valence-electron chi connectivity index (χ3n) is 11.3. The Morgan fingerprint density at radius 3 is 1.39 bits per heavy atom. The molecule has 0 aromatic rings. The molecule has 1 rings (SSSR count). The van der Waals surface area contributed by atoms with Gasteiger partial charge in [-0.25, -0.2) is 4.57 Å². The highest BCUT2D eigenvalue weighted by atomic mass is 31.2. The zero-order chi connectivity index (χ0) is 44.8. The van der Waals surface area contributed by atoms with E-state index in [0.29, 0.717) is 13.0 Å². The Balaban J connectivity index is 2.35. The summed E-state index contributed by atoms with van der Waals surface area (Å²) >= 11 is 0. The standard InChI is InChI=1S/C48H89O12P/c1-3-5-7-9-11-13-15-17-18-19-20-21-22-23-24-25-26-28-30-32-34-36-38-57-39-41(59-42(49)37-35-33-31-29-27-16-14-12-10-8-6-4-2)40-58-61(55,56)60-48-46(53)44(51)43(50)45(52)47(48)54/h15,17,19-20,22-23,41,43-48,50-54H,3-14,16,18,21,24-40H2,1-2H3,(H,55,56)/b17-15-,20-19-,23-22-. The number of carbonyl (C=O) groups excluding carboxylic acids is 1. The van der Waals surface area contributed by atoms with Gasteiger partial charge in [-0.05, 0) is 51.4 Å². The fourth-order valence-electron chi connectivity index (χ4n) is 7.36. The molecule has 0 aromatic carbocycles. The van der Waals surface area contributed by atoms with Gasteiger partial charge in [-0.3, -0.25) is 13.8 Å². The van der Waals surface area contributed by atoms with Crippen molar-refractivity contribution in [2.75, 3.05) is 19.8 Å². The minimum absolute atomic E-state index is 0.0813. The summed E-state index contributed by atoms with van der Waals surface area (Å²) in [6.07, 6.45) is 33.6. The number of hydrogen-bond donors (Lipinski definition) is 6. The van der Waals surface area contributed by atoms with E-state index in [-0.39, 0.29) is 13.0 Å². The molecule has 0 aromatic heterocycles. The van der Waals surface area contributed by atoms with Crippen LogP contribution in [0.15, 0.2) is 36.5 Å². The third kappa shape index (κ3) is 31.1. The lowest BCUT2D eigenvalue weighted by atomic mass is 9.85. The van der Waals surface area contributed by atoms with Gasteiger partial charge in [0.05, 0.1) is 13.2 Å². The van der Waals surface area contributed by atoms with E-state index < -0.39 is 63.1 Å². The van der Waals surface area contributed by atoms with Gasteiger partial charge in [0.2, 0.25) is 0 Å². The number of ether oxygens (including phenoxy) is 2. The molecule has 0 amide bonds. The Labute approximate surface area is 370 Å². The van der Waals surface area contributed by atoms with Gasteiger partial charge in [0.15, 0.2) is 0 Å². The van der Waals surface area contributed by atoms with Crippen LogP contribution in [-0.2, 0) is 27.9 Å². The smallest absolute Gasteiger partial charge is 0.457 e. The van der Waals surface area contributed by atoms with Crippen LogP contribution in [0.5, 0.6) is 0 Å². The Kier molecular flexibility index (Phi) is 36.8. The lowest BCUT2D eigenvalue weighted by Crippen LogP contribution is -2.64. The van der Waals surface area contributed by atoms with E-state index in [1.54, 1.807) is 0 Å². The molecule has 0 aliphatic heterocycles. The highest BCUT2D eigenvalue weighted by Crippen LogP contribution is 2.47. The summed E-state index contributed by atoms with van der Waals surface area (Å²) in [5.74, 6) is -0.481. The van der Waals surface area contributed by atoms with Crippen molar-refractivity contribution in [2.24, 2.45) is 0 Å². The Hall–Kier alpha value is -1.44. The predicted molar refractivity (Wildman–Crippen MR) is 244 cm³/mol. The lowest BCUT2D eigenvalue weighted by molar-refractivity contribution is -0.220. The molecule has 6 unspecified atom stereocenters. The number of carbonyl (C=O) groups is 1. The zero-order valence-corrected chi connectivity index (χ0v) is 39.1. The minimum Gasteiger partial charge on any atom is -0.457 e. The van der Waals surface area contributed by atoms with Gasteiger partial charge in [0.1, 0.15) is 42.7 Å². The first kappa shape index (κ1) is 57.6. The zero-order valence-electron chi connectivity index (χ0n) is 38.2. The molecule has 0 heterocycles. The SMILES string of the molecule is CCCCCCC/C=C\C/C=C\C/C=C\CCCCCCCCCOCC(COP(=O)(O)OC1C(O)C(O)C(O)C(O)C1O)OC(=O)CCCCCCCCCCCCCC. The van der Waals surface area contributed by atoms with Crippen molar-refractivity contribution in [3.63, 3.8) is 0 Å². The minimum atomic E-state index is -5.02. The van der Waals surface area contributed by atoms with Crippen molar-refractivity contribution < 1.29 is 58.3 Å². The van der Waals surface area contributed by atoms with Gasteiger partial charge in [0.25, 0.3) is 0 Å². The molecular weight excluding hydrogens is 799 g/mol. The summed E-state index contributed by atoms with van der Waals surface area (Å²) in [6.45, 7) is 4.23. The van der Waals surface area contributed by atoms with E-state index in [1.165, 1.54) is 109 Å². The maximum atomic E-state index is 12.8. The first-order valence-electron chi connectivity index (χ1n) is 24.3. The summed E-state index contributed by atoms with van der Waals surface area (Å²) in [5, 5.41) is 50.2. The van der Waals surface area contributed by atoms with Crippen LogP contribution in [0.25, 0.3) is 0 Å². The van der Waals surface area contributed by atoms with E-state index in [4.69, 9.17) is 18.5 Å². The van der Waals surface area contributed by atoms with Crippen LogP contribution in [0.2, 0.25) is 0 Å². The number of aliphatic hydroxyl groups excluding tert-OH is 5. The largest absolute Gasteiger partial charge is 0.472 e. The van der Waals surface area contributed by atoms with Gasteiger partial charge in [0, 0.05) is 13.0 Å². The number of allylic oxidation sites excluding steroid dienone is 6. The molecule has 358 valence electrons. The summed E-state index contributed by atoms with van der Waals surface area (Å²) in [4.78, 5) is 23.1. The molecule has 12 nitrogen and oxygen atoms in total. The molecule has 1 saturated carbocycles. The van der Waals surface area contributed by atoms with Crippen molar-refractivity contribution in [1.29, 1.82) is 0 Å². The van der Waals surface area contributed by atoms with Crippen molar-refractivity contribution in [3.8, 4) is 0 Å². The fraction of sp³-hybridized carbons (Fsp3) is 0.854. The molecule has 0 spiro atoms. The molecule has 6 atom stereocenters. The second-order valence-electron chi connectivity index (χ2n) is 17.0. The van der Waals surface area contributed by atoms with Crippen molar-refractivity contribution >= 4 is 13.8 Å². The predicted octanol–water partition coefficient (Wildman–Crippen LogP) is 10.3. The van der Waals surface area contributed by atoms with Crippen LogP contribution in [0, 0.1) is 0 Å². The molecule has 1 aliphatic rings. The summed E-state index contributed by atoms with van der Waals surface area (Å²) < 4.78 is 34.2. The molecule has 0 radical (unpaired) electrons. The second-order valence-corrected chi connectivity index (χ2v) is 18.4. The summed E-state index contributed by atoms with van der Waals surface area (Å²) in [7, 11) is -5.02. The molecule has 0 saturated heterocycles. The van der Waals surface area contributed by atoms with Gasteiger partial charge in [-0.1, -0.05) is 179 Å². The highest BCUT2D eigenvalue weighted by Gasteiger charge is 2.51. The second kappa shape index (κ2) is 39.0. The van der Waals surface area contributed by atoms with Crippen LogP contribution in [-0.4, -0.2) is 98.9 Å². The maximum Gasteiger partial charge on any atom is 0.472 e. The van der Waals surface area contributed by atoms with Crippen LogP contribution >= 0.6 is 7.82 Å². The van der Waals surface area contributed by atoms with Crippen molar-refractivity contribution in [3.05, 3.63) is 36.5 Å². The third-order valence-corrected chi connectivity index (χ3v) is 12.3. The maximum absolute atomic E-state index is 12.8. The molecule has 1 aliphatic carbocycles. The normalized spacial score (nSPS) is 22.4. The number of unbranched alkanes of at least 4 members (excludes halogenated alkanes) is 23. The highest BCUT2D eigenvalue weighted by molar-refractivity contribution is 7.47. The van der Waals surface area contributed by atoms with E-state index >= 15 is 0 Å². The topological polar surface area (TPSA) is 192 Å². The van der Waals surface area contributed by atoms with Gasteiger partial charge >= 0.3 is 13.8 Å². The molecule has 0 bridgehead atoms. The van der Waals surface area contributed by atoms with Crippen LogP contribution in [0.1, 0.15) is 200 Å². The Morgan fingerprint density at radius 2 is 0.918 bits per heavy atom. The molecule has 61 heavy (non-hydrogen) atoms. The first-order chi connectivity index (χ1) is 29.5. The summed E-state index contributed by atoms with van der Waals surface area (Å²) in [5.41, 5.74) is 0. The number of phosphoric ester groups is 1.